The summed E-state index contributed by atoms with van der Waals surface area (Å²) in [5.74, 6) is 1.72. The summed E-state index contributed by atoms with van der Waals surface area (Å²) >= 11 is 1.90. The van der Waals surface area contributed by atoms with Gasteiger partial charge in [0, 0.05) is 5.25 Å². The van der Waals surface area contributed by atoms with Gasteiger partial charge in [0.2, 0.25) is 0 Å². The minimum atomic E-state index is 0.653. The molecular formula is C17H26N2OS. The number of hydrogen-bond donors (Lipinski definition) is 1. The maximum absolute atomic E-state index is 5.74. The van der Waals surface area contributed by atoms with Crippen molar-refractivity contribution in [3.8, 4) is 5.75 Å². The molecule has 2 rings (SSSR count). The predicted molar refractivity (Wildman–Crippen MR) is 92.4 cm³/mol. The van der Waals surface area contributed by atoms with Crippen LogP contribution in [0, 0.1) is 12.8 Å². The van der Waals surface area contributed by atoms with Crippen molar-refractivity contribution in [2.45, 2.75) is 38.9 Å². The molecule has 1 N–H and O–H groups in total. The van der Waals surface area contributed by atoms with Gasteiger partial charge in [0.25, 0.3) is 0 Å². The molecule has 21 heavy (non-hydrogen) atoms. The maximum Gasteiger partial charge on any atom is 0.157 e. The number of thioether (sulfide) groups is 1. The van der Waals surface area contributed by atoms with E-state index in [2.05, 4.69) is 43.2 Å². The van der Waals surface area contributed by atoms with Crippen molar-refractivity contribution in [3.05, 3.63) is 29.8 Å². The Morgan fingerprint density at radius 3 is 2.90 bits per heavy atom. The molecule has 0 amide bonds. The van der Waals surface area contributed by atoms with Crippen LogP contribution in [0.4, 0.5) is 0 Å². The van der Waals surface area contributed by atoms with Crippen LogP contribution in [0.5, 0.6) is 5.75 Å². The zero-order valence-corrected chi connectivity index (χ0v) is 14.1. The lowest BCUT2D eigenvalue weighted by Crippen LogP contribution is -2.26. The number of rotatable bonds is 7. The Bertz CT molecular complexity index is 472. The summed E-state index contributed by atoms with van der Waals surface area (Å²) in [7, 11) is 0. The van der Waals surface area contributed by atoms with Gasteiger partial charge in [-0.15, -0.1) is 0 Å². The quantitative estimate of drug-likeness (QED) is 0.776. The van der Waals surface area contributed by atoms with E-state index in [0.717, 1.165) is 29.9 Å². The van der Waals surface area contributed by atoms with E-state index in [-0.39, 0.29) is 0 Å². The third-order valence-corrected chi connectivity index (χ3v) is 5.22. The fourth-order valence-electron chi connectivity index (χ4n) is 2.58. The third kappa shape index (κ3) is 4.95. The largest absolute Gasteiger partial charge is 0.492 e. The lowest BCUT2D eigenvalue weighted by Gasteiger charge is -2.18. The van der Waals surface area contributed by atoms with Crippen molar-refractivity contribution in [2.75, 3.05) is 19.7 Å². The molecule has 0 saturated carbocycles. The minimum absolute atomic E-state index is 0.653. The van der Waals surface area contributed by atoms with Crippen molar-refractivity contribution in [3.63, 3.8) is 0 Å². The van der Waals surface area contributed by atoms with E-state index in [4.69, 9.17) is 4.74 Å². The van der Waals surface area contributed by atoms with Crippen LogP contribution in [0.25, 0.3) is 0 Å². The van der Waals surface area contributed by atoms with Gasteiger partial charge in [-0.05, 0) is 30.5 Å². The Balaban J connectivity index is 1.66. The van der Waals surface area contributed by atoms with Crippen LogP contribution in [-0.2, 0) is 0 Å². The Kier molecular flexibility index (Phi) is 6.43. The van der Waals surface area contributed by atoms with Gasteiger partial charge in [-0.1, -0.05) is 50.6 Å². The molecule has 3 nitrogen and oxygen atoms in total. The Morgan fingerprint density at radius 2 is 2.19 bits per heavy atom. The molecule has 0 bridgehead atoms. The zero-order chi connectivity index (χ0) is 15.1. The third-order valence-electron chi connectivity index (χ3n) is 3.89. The number of aliphatic imine (C=N–C) groups is 1. The normalized spacial score (nSPS) is 17.9. The fraction of sp³-hybridized carbons (Fsp3) is 0.588. The molecule has 116 valence electrons. The first-order valence-corrected chi connectivity index (χ1v) is 8.75. The topological polar surface area (TPSA) is 33.6 Å². The van der Waals surface area contributed by atoms with E-state index in [9.17, 15) is 0 Å². The van der Waals surface area contributed by atoms with Crippen LogP contribution in [0.1, 0.15) is 32.3 Å². The second-order valence-corrected chi connectivity index (χ2v) is 6.70. The highest BCUT2D eigenvalue weighted by Crippen LogP contribution is 2.30. The Morgan fingerprint density at radius 1 is 1.38 bits per heavy atom. The summed E-state index contributed by atoms with van der Waals surface area (Å²) in [5.41, 5.74) is 1.23. The first kappa shape index (κ1) is 16.2. The molecular weight excluding hydrogens is 280 g/mol. The monoisotopic (exact) mass is 306 g/mol. The number of nitrogens with one attached hydrogen (secondary N) is 1. The van der Waals surface area contributed by atoms with E-state index in [1.165, 1.54) is 18.4 Å². The van der Waals surface area contributed by atoms with E-state index in [0.29, 0.717) is 11.9 Å². The van der Waals surface area contributed by atoms with Crippen LogP contribution in [-0.4, -0.2) is 30.1 Å². The number of aryl methyl sites for hydroxylation is 1. The van der Waals surface area contributed by atoms with Gasteiger partial charge in [0.15, 0.2) is 5.17 Å². The highest BCUT2D eigenvalue weighted by molar-refractivity contribution is 8.14. The standard InChI is InChI=1S/C17H26N2OS/c1-4-14(5-2)16-12-19-17(21-16)18-9-10-20-15-8-6-7-13(3)11-15/h6-8,11,14,16H,4-5,9-10,12H2,1-3H3,(H,18,19). The van der Waals surface area contributed by atoms with Gasteiger partial charge in [0.05, 0.1) is 13.1 Å². The van der Waals surface area contributed by atoms with Gasteiger partial charge < -0.3 is 10.1 Å². The van der Waals surface area contributed by atoms with Gasteiger partial charge in [-0.25, -0.2) is 0 Å². The van der Waals surface area contributed by atoms with Crippen molar-refractivity contribution in [1.82, 2.24) is 5.32 Å². The first-order chi connectivity index (χ1) is 10.2. The van der Waals surface area contributed by atoms with Gasteiger partial charge >= 0.3 is 0 Å². The Hall–Kier alpha value is -1.16. The molecule has 0 fully saturated rings. The Labute approximate surface area is 132 Å². The van der Waals surface area contributed by atoms with Crippen LogP contribution in [0.15, 0.2) is 29.3 Å². The van der Waals surface area contributed by atoms with Crippen molar-refractivity contribution >= 4 is 16.9 Å². The second kappa shape index (κ2) is 8.32. The predicted octanol–water partition coefficient (Wildman–Crippen LogP) is 3.87. The number of ether oxygens (including phenoxy) is 1. The van der Waals surface area contributed by atoms with E-state index in [1.54, 1.807) is 0 Å². The van der Waals surface area contributed by atoms with Gasteiger partial charge in [0.1, 0.15) is 12.4 Å². The number of benzene rings is 1. The summed E-state index contributed by atoms with van der Waals surface area (Å²) in [4.78, 5) is 4.61. The second-order valence-electron chi connectivity index (χ2n) is 5.47. The lowest BCUT2D eigenvalue weighted by atomic mass is 9.99. The molecule has 0 aliphatic carbocycles. The molecule has 1 aromatic carbocycles. The average molecular weight is 306 g/mol. The molecule has 1 aromatic rings. The summed E-state index contributed by atoms with van der Waals surface area (Å²) in [5, 5.41) is 5.12. The summed E-state index contributed by atoms with van der Waals surface area (Å²) in [6.45, 7) is 9.05. The smallest absolute Gasteiger partial charge is 0.157 e. The summed E-state index contributed by atoms with van der Waals surface area (Å²) in [6, 6.07) is 8.16. The molecule has 0 aromatic heterocycles. The molecule has 0 spiro atoms. The molecule has 1 aliphatic heterocycles. The lowest BCUT2D eigenvalue weighted by molar-refractivity contribution is 0.322. The van der Waals surface area contributed by atoms with Crippen LogP contribution in [0.3, 0.4) is 0 Å². The highest BCUT2D eigenvalue weighted by Gasteiger charge is 2.25. The zero-order valence-electron chi connectivity index (χ0n) is 13.3. The van der Waals surface area contributed by atoms with Gasteiger partial charge in [-0.2, -0.15) is 0 Å². The van der Waals surface area contributed by atoms with E-state index in [1.807, 2.05) is 23.9 Å². The van der Waals surface area contributed by atoms with Crippen molar-refractivity contribution in [2.24, 2.45) is 10.9 Å². The van der Waals surface area contributed by atoms with Crippen molar-refractivity contribution < 1.29 is 4.74 Å². The van der Waals surface area contributed by atoms with Gasteiger partial charge in [-0.3, -0.25) is 4.99 Å². The van der Waals surface area contributed by atoms with E-state index >= 15 is 0 Å². The maximum atomic E-state index is 5.74. The number of nitrogens with zero attached hydrogens (tertiary/aromatic N) is 1. The van der Waals surface area contributed by atoms with Crippen LogP contribution in [0.2, 0.25) is 0 Å². The molecule has 0 saturated heterocycles. The van der Waals surface area contributed by atoms with E-state index < -0.39 is 0 Å². The molecule has 0 radical (unpaired) electrons. The fourth-order valence-corrected chi connectivity index (χ4v) is 3.93. The molecule has 1 unspecified atom stereocenters. The summed E-state index contributed by atoms with van der Waals surface area (Å²) < 4.78 is 5.74. The van der Waals surface area contributed by atoms with Crippen molar-refractivity contribution in [1.29, 1.82) is 0 Å². The first-order valence-electron chi connectivity index (χ1n) is 7.87. The molecule has 1 atom stereocenters. The van der Waals surface area contributed by atoms with Crippen LogP contribution >= 0.6 is 11.8 Å². The SMILES string of the molecule is CCC(CC)C1CN=C(NCCOc2cccc(C)c2)S1. The average Bonchev–Trinajstić information content (AvgIpc) is 2.94. The summed E-state index contributed by atoms with van der Waals surface area (Å²) in [6.07, 6.45) is 2.49. The van der Waals surface area contributed by atoms with Crippen LogP contribution < -0.4 is 10.1 Å². The molecule has 1 heterocycles. The molecule has 1 aliphatic rings. The number of hydrogen-bond acceptors (Lipinski definition) is 4. The molecule has 4 heteroatoms. The number of amidine groups is 1. The highest BCUT2D eigenvalue weighted by atomic mass is 32.2. The minimum Gasteiger partial charge on any atom is -0.492 e.